The number of aryl methyl sites for hydroxylation is 2. The molecule has 0 saturated carbocycles. The molecular formula is C35H26N4O2Pt. The van der Waals surface area contributed by atoms with Crippen LogP contribution in [0.5, 0.6) is 17.2 Å². The zero-order valence-electron chi connectivity index (χ0n) is 23.2. The minimum absolute atomic E-state index is 0. The second-order valence-corrected chi connectivity index (χ2v) is 9.93. The summed E-state index contributed by atoms with van der Waals surface area (Å²) in [5.41, 5.74) is 7.40. The van der Waals surface area contributed by atoms with E-state index >= 15 is 0 Å². The molecular weight excluding hydrogens is 703 g/mol. The first kappa shape index (κ1) is 27.5. The van der Waals surface area contributed by atoms with Crippen LogP contribution in [0, 0.1) is 26.0 Å². The molecule has 0 amide bonds. The number of para-hydroxylation sites is 1. The van der Waals surface area contributed by atoms with Gasteiger partial charge in [-0.25, -0.2) is 4.98 Å². The molecule has 7 aromatic rings. The Morgan fingerprint density at radius 3 is 2.40 bits per heavy atom. The van der Waals surface area contributed by atoms with E-state index in [4.69, 9.17) is 9.47 Å². The molecule has 0 N–H and O–H groups in total. The van der Waals surface area contributed by atoms with Crippen LogP contribution in [0.15, 0.2) is 104 Å². The SMILES string of the molecule is COc1ccnc(-n2c3[c-]c(Oc4[c-]c(-n5cc(-c6c(C)cccc6C)cn5)ccc4)ccc3c3ccccc32)c1.[Pt+2]. The van der Waals surface area contributed by atoms with Gasteiger partial charge in [0.15, 0.2) is 0 Å². The van der Waals surface area contributed by atoms with Crippen molar-refractivity contribution in [2.45, 2.75) is 13.8 Å². The number of hydrogen-bond acceptors (Lipinski definition) is 4. The quantitative estimate of drug-likeness (QED) is 0.163. The Morgan fingerprint density at radius 1 is 0.786 bits per heavy atom. The van der Waals surface area contributed by atoms with Crippen molar-refractivity contribution >= 4 is 21.8 Å². The van der Waals surface area contributed by atoms with E-state index in [1.54, 1.807) is 13.3 Å². The van der Waals surface area contributed by atoms with Gasteiger partial charge in [-0.15, -0.1) is 35.7 Å². The van der Waals surface area contributed by atoms with Crippen LogP contribution in [-0.4, -0.2) is 26.4 Å². The summed E-state index contributed by atoms with van der Waals surface area (Å²) < 4.78 is 15.7. The maximum Gasteiger partial charge on any atom is 2.00 e. The van der Waals surface area contributed by atoms with Crippen LogP contribution in [0.4, 0.5) is 0 Å². The van der Waals surface area contributed by atoms with Gasteiger partial charge in [0.1, 0.15) is 11.6 Å². The van der Waals surface area contributed by atoms with E-state index in [1.165, 1.54) is 16.7 Å². The summed E-state index contributed by atoms with van der Waals surface area (Å²) in [4.78, 5) is 4.63. The molecule has 7 heteroatoms. The van der Waals surface area contributed by atoms with E-state index in [-0.39, 0.29) is 21.1 Å². The molecule has 6 nitrogen and oxygen atoms in total. The van der Waals surface area contributed by atoms with E-state index in [0.29, 0.717) is 11.5 Å². The average Bonchev–Trinajstić information content (AvgIpc) is 3.60. The second-order valence-electron chi connectivity index (χ2n) is 9.93. The molecule has 208 valence electrons. The third kappa shape index (κ3) is 4.88. The molecule has 3 heterocycles. The molecule has 3 aromatic heterocycles. The molecule has 7 rings (SSSR count). The third-order valence-corrected chi connectivity index (χ3v) is 7.31. The predicted octanol–water partition coefficient (Wildman–Crippen LogP) is 8.05. The first-order valence-electron chi connectivity index (χ1n) is 13.4. The molecule has 0 aliphatic heterocycles. The van der Waals surface area contributed by atoms with Crippen molar-refractivity contribution in [2.75, 3.05) is 7.11 Å². The molecule has 0 aliphatic carbocycles. The molecule has 0 unspecified atom stereocenters. The number of methoxy groups -OCH3 is 1. The minimum atomic E-state index is 0. The first-order chi connectivity index (χ1) is 20.1. The van der Waals surface area contributed by atoms with E-state index in [2.05, 4.69) is 77.0 Å². The Hall–Kier alpha value is -4.67. The number of ether oxygens (including phenoxy) is 2. The number of benzene rings is 4. The van der Waals surface area contributed by atoms with Gasteiger partial charge in [-0.2, -0.15) is 17.2 Å². The molecule has 0 spiro atoms. The van der Waals surface area contributed by atoms with Crippen molar-refractivity contribution in [1.82, 2.24) is 19.3 Å². The smallest absolute Gasteiger partial charge is 0.509 e. The summed E-state index contributed by atoms with van der Waals surface area (Å²) in [7, 11) is 1.65. The van der Waals surface area contributed by atoms with Gasteiger partial charge in [-0.05, 0) is 53.7 Å². The van der Waals surface area contributed by atoms with Crippen molar-refractivity contribution in [3.8, 4) is 39.9 Å². The number of pyridine rings is 1. The van der Waals surface area contributed by atoms with Gasteiger partial charge < -0.3 is 14.0 Å². The zero-order chi connectivity index (χ0) is 27.9. The topological polar surface area (TPSA) is 54.1 Å². The van der Waals surface area contributed by atoms with Gasteiger partial charge in [-0.1, -0.05) is 41.9 Å². The van der Waals surface area contributed by atoms with Crippen molar-refractivity contribution in [3.63, 3.8) is 0 Å². The Morgan fingerprint density at radius 2 is 1.57 bits per heavy atom. The van der Waals surface area contributed by atoms with Gasteiger partial charge in [0.25, 0.3) is 0 Å². The number of fused-ring (bicyclic) bond motifs is 3. The molecule has 0 aliphatic rings. The van der Waals surface area contributed by atoms with Crippen LogP contribution in [0.1, 0.15) is 11.1 Å². The largest absolute Gasteiger partial charge is 2.00 e. The fourth-order valence-corrected chi connectivity index (χ4v) is 5.42. The maximum absolute atomic E-state index is 6.30. The summed E-state index contributed by atoms with van der Waals surface area (Å²) >= 11 is 0. The summed E-state index contributed by atoms with van der Waals surface area (Å²) in [6.45, 7) is 4.24. The summed E-state index contributed by atoms with van der Waals surface area (Å²) in [5.74, 6) is 2.63. The standard InChI is InChI=1S/C35H26N4O2.Pt/c1-23-8-6-9-24(2)35(23)25-21-37-38(22-25)26-10-7-11-28(18-26)41-29-14-15-31-30-12-4-5-13-32(30)39(33(31)19-29)34-20-27(40-3)16-17-36-34;/h4-17,20-22H,1-3H3;/q-2;+2. The van der Waals surface area contributed by atoms with E-state index in [0.717, 1.165) is 44.6 Å². The number of rotatable bonds is 6. The Balaban J connectivity index is 0.00000316. The number of hydrogen-bond donors (Lipinski definition) is 0. The number of nitrogens with zero attached hydrogens (tertiary/aromatic N) is 4. The van der Waals surface area contributed by atoms with Crippen molar-refractivity contribution in [2.24, 2.45) is 0 Å². The molecule has 42 heavy (non-hydrogen) atoms. The van der Waals surface area contributed by atoms with Crippen LogP contribution in [0.3, 0.4) is 0 Å². The normalized spacial score (nSPS) is 11.0. The van der Waals surface area contributed by atoms with Crippen LogP contribution in [-0.2, 0) is 21.1 Å². The van der Waals surface area contributed by atoms with Crippen molar-refractivity contribution in [3.05, 3.63) is 127 Å². The van der Waals surface area contributed by atoms with Gasteiger partial charge >= 0.3 is 21.1 Å². The summed E-state index contributed by atoms with van der Waals surface area (Å²) in [6, 6.07) is 35.0. The second kappa shape index (κ2) is 11.3. The van der Waals surface area contributed by atoms with Crippen molar-refractivity contribution in [1.29, 1.82) is 0 Å². The Kier molecular flexibility index (Phi) is 7.40. The first-order valence-corrected chi connectivity index (χ1v) is 13.4. The predicted molar refractivity (Wildman–Crippen MR) is 161 cm³/mol. The van der Waals surface area contributed by atoms with E-state index in [9.17, 15) is 0 Å². The minimum Gasteiger partial charge on any atom is -0.509 e. The average molecular weight is 730 g/mol. The summed E-state index contributed by atoms with van der Waals surface area (Å²) in [5, 5.41) is 6.79. The van der Waals surface area contributed by atoms with Crippen LogP contribution in [0.2, 0.25) is 0 Å². The van der Waals surface area contributed by atoms with Gasteiger partial charge in [0.2, 0.25) is 0 Å². The zero-order valence-corrected chi connectivity index (χ0v) is 25.5. The Bertz CT molecular complexity index is 2040. The molecule has 0 fully saturated rings. The van der Waals surface area contributed by atoms with Crippen LogP contribution < -0.4 is 9.47 Å². The van der Waals surface area contributed by atoms with E-state index in [1.807, 2.05) is 65.6 Å². The Labute approximate surface area is 258 Å². The number of aromatic nitrogens is 4. The molecule has 4 aromatic carbocycles. The summed E-state index contributed by atoms with van der Waals surface area (Å²) in [6.07, 6.45) is 5.67. The van der Waals surface area contributed by atoms with Crippen molar-refractivity contribution < 1.29 is 30.5 Å². The molecule has 0 radical (unpaired) electrons. The van der Waals surface area contributed by atoms with Gasteiger partial charge in [-0.3, -0.25) is 4.68 Å². The van der Waals surface area contributed by atoms with Gasteiger partial charge in [0.05, 0.1) is 13.3 Å². The molecule has 0 bridgehead atoms. The van der Waals surface area contributed by atoms with E-state index < -0.39 is 0 Å². The molecule has 0 saturated heterocycles. The molecule has 0 atom stereocenters. The maximum atomic E-state index is 6.30. The van der Waals surface area contributed by atoms with Crippen LogP contribution in [0.25, 0.3) is 44.4 Å². The monoisotopic (exact) mass is 729 g/mol. The third-order valence-electron chi connectivity index (χ3n) is 7.31. The van der Waals surface area contributed by atoms with Crippen LogP contribution >= 0.6 is 0 Å². The fourth-order valence-electron chi connectivity index (χ4n) is 5.42. The van der Waals surface area contributed by atoms with Gasteiger partial charge in [0, 0.05) is 41.0 Å². The fraction of sp³-hybridized carbons (Fsp3) is 0.0857.